The van der Waals surface area contributed by atoms with Gasteiger partial charge in [0.1, 0.15) is 11.7 Å². The number of hydrogen-bond acceptors (Lipinski definition) is 10. The molecule has 5 heterocycles. The minimum Gasteiger partial charge on any atom is -0.414 e. The van der Waals surface area contributed by atoms with Crippen molar-refractivity contribution in [2.45, 2.75) is 115 Å². The Kier molecular flexibility index (Phi) is 9.63. The van der Waals surface area contributed by atoms with Crippen molar-refractivity contribution < 1.29 is 32.1 Å². The van der Waals surface area contributed by atoms with Gasteiger partial charge in [0.15, 0.2) is 12.3 Å². The molecule has 1 aromatic carbocycles. The molecular weight excluding hydrogens is 665 g/mol. The van der Waals surface area contributed by atoms with Gasteiger partial charge in [-0.25, -0.2) is 4.79 Å². The number of amides is 2. The number of carbonyl (C=O) groups excluding carboxylic acids is 2. The van der Waals surface area contributed by atoms with Crippen molar-refractivity contribution >= 4 is 28.9 Å². The molecule has 15 heteroatoms. The maximum atomic E-state index is 13.3. The monoisotopic (exact) mass is 714 g/mol. The fraction of sp³-hybridized carbons (Fsp3) is 0.647. The Hall–Kier alpha value is -2.77. The number of fused-ring (bicyclic) bond motifs is 1. The van der Waals surface area contributed by atoms with Crippen LogP contribution < -0.4 is 11.2 Å². The summed E-state index contributed by atoms with van der Waals surface area (Å²) in [5, 5.41) is 1.79. The number of hydroxylamine groups is 2. The Labute approximate surface area is 289 Å². The van der Waals surface area contributed by atoms with Crippen molar-refractivity contribution in [1.29, 1.82) is 0 Å². The van der Waals surface area contributed by atoms with Crippen LogP contribution in [0.15, 0.2) is 40.1 Å². The van der Waals surface area contributed by atoms with E-state index in [9.17, 15) is 19.2 Å². The molecule has 0 aliphatic carbocycles. The van der Waals surface area contributed by atoms with Crippen LogP contribution in [-0.2, 0) is 22.5 Å². The van der Waals surface area contributed by atoms with Gasteiger partial charge < -0.3 is 17.7 Å². The van der Waals surface area contributed by atoms with E-state index in [4.69, 9.17) is 22.5 Å². The number of rotatable bonds is 9. The van der Waals surface area contributed by atoms with Crippen molar-refractivity contribution in [1.82, 2.24) is 19.5 Å². The lowest BCUT2D eigenvalue weighted by Crippen LogP contribution is -2.71. The second-order valence-electron chi connectivity index (χ2n) is 15.1. The third-order valence-electron chi connectivity index (χ3n) is 10.6. The maximum Gasteiger partial charge on any atom is 0.335 e. The summed E-state index contributed by atoms with van der Waals surface area (Å²) in [5.74, 6) is -0.603. The number of aromatic amines is 1. The minimum absolute atomic E-state index is 0.0595. The van der Waals surface area contributed by atoms with Crippen molar-refractivity contribution in [2.24, 2.45) is 0 Å². The van der Waals surface area contributed by atoms with Gasteiger partial charge in [-0.15, -0.1) is 0 Å². The molecule has 0 spiro atoms. The third kappa shape index (κ3) is 5.85. The molecule has 3 saturated heterocycles. The van der Waals surface area contributed by atoms with E-state index in [0.717, 1.165) is 0 Å². The van der Waals surface area contributed by atoms with Gasteiger partial charge in [-0.3, -0.25) is 33.7 Å². The fourth-order valence-corrected chi connectivity index (χ4v) is 19.3. The molecule has 49 heavy (non-hydrogen) atoms. The highest BCUT2D eigenvalue weighted by molar-refractivity contribution is 6.84. The summed E-state index contributed by atoms with van der Waals surface area (Å²) < 4.78 is 30.2. The molecule has 2 aromatic rings. The Morgan fingerprint density at radius 1 is 0.878 bits per heavy atom. The number of aromatic nitrogens is 2. The lowest BCUT2D eigenvalue weighted by atomic mass is 9.94. The molecule has 2 amide bonds. The van der Waals surface area contributed by atoms with Gasteiger partial charge in [-0.05, 0) is 47.6 Å². The fourth-order valence-electron chi connectivity index (χ4n) is 8.02. The second-order valence-corrected chi connectivity index (χ2v) is 24.0. The Morgan fingerprint density at radius 2 is 1.47 bits per heavy atom. The topological polar surface area (TPSA) is 142 Å². The number of aryl methyl sites for hydroxylation is 1. The van der Waals surface area contributed by atoms with E-state index in [2.05, 4.69) is 60.4 Å². The molecule has 1 aromatic heterocycles. The molecule has 0 radical (unpaired) electrons. The van der Waals surface area contributed by atoms with E-state index in [0.29, 0.717) is 29.7 Å². The summed E-state index contributed by atoms with van der Waals surface area (Å²) in [4.78, 5) is 62.1. The smallest absolute Gasteiger partial charge is 0.335 e. The zero-order valence-electron chi connectivity index (χ0n) is 30.0. The number of benzene rings is 1. The summed E-state index contributed by atoms with van der Waals surface area (Å²) >= 11 is 0. The molecular formula is C34H50N4O9Si2. The van der Waals surface area contributed by atoms with Crippen LogP contribution in [0.2, 0.25) is 22.2 Å². The number of nitrogens with zero attached hydrogens (tertiary/aromatic N) is 3. The maximum absolute atomic E-state index is 13.3. The van der Waals surface area contributed by atoms with Crippen LogP contribution in [0.25, 0.3) is 0 Å². The van der Waals surface area contributed by atoms with E-state index >= 15 is 0 Å². The number of H-pyrrole nitrogens is 1. The van der Waals surface area contributed by atoms with Crippen molar-refractivity contribution in [2.75, 3.05) is 26.2 Å². The van der Waals surface area contributed by atoms with Crippen molar-refractivity contribution in [3.05, 3.63) is 68.0 Å². The van der Waals surface area contributed by atoms with Gasteiger partial charge in [-0.2, -0.15) is 5.06 Å². The molecule has 2 bridgehead atoms. The average molecular weight is 715 g/mol. The highest BCUT2D eigenvalue weighted by Gasteiger charge is 2.69. The SMILES string of the molecule is Cc1cn([C@@H]2O[C@]34CO[Si](C(C)C)(C(C)C)O[Si](C(C)C)(C(C)C)OC3[C@@H]2ON(CCCN2C(=O)c3ccccc3C2=O)C4)c(=O)[nH]c1=O. The van der Waals surface area contributed by atoms with E-state index in [1.54, 1.807) is 36.3 Å². The quantitative estimate of drug-likeness (QED) is 0.294. The summed E-state index contributed by atoms with van der Waals surface area (Å²) in [7, 11) is -6.02. The number of carbonyl (C=O) groups is 2. The van der Waals surface area contributed by atoms with Crippen LogP contribution in [0.4, 0.5) is 0 Å². The third-order valence-corrected chi connectivity index (χ3v) is 20.9. The Balaban J connectivity index is 1.37. The summed E-state index contributed by atoms with van der Waals surface area (Å²) in [5.41, 5.74) is -0.605. The molecule has 1 unspecified atom stereocenters. The lowest BCUT2D eigenvalue weighted by Gasteiger charge is -2.55. The molecule has 4 aliphatic heterocycles. The van der Waals surface area contributed by atoms with Gasteiger partial charge in [-0.1, -0.05) is 67.5 Å². The first-order valence-corrected chi connectivity index (χ1v) is 21.4. The predicted octanol–water partition coefficient (Wildman–Crippen LogP) is 4.37. The van der Waals surface area contributed by atoms with Crippen LogP contribution in [0, 0.1) is 6.92 Å². The second kappa shape index (κ2) is 13.1. The number of hydrogen-bond donors (Lipinski definition) is 1. The number of ether oxygens (including phenoxy) is 1. The highest BCUT2D eigenvalue weighted by atomic mass is 28.5. The van der Waals surface area contributed by atoms with E-state index < -0.39 is 52.4 Å². The van der Waals surface area contributed by atoms with Gasteiger partial charge >= 0.3 is 22.8 Å². The number of nitrogens with one attached hydrogen (secondary N) is 1. The lowest BCUT2D eigenvalue weighted by molar-refractivity contribution is -0.269. The zero-order valence-corrected chi connectivity index (χ0v) is 32.0. The zero-order chi connectivity index (χ0) is 35.6. The summed E-state index contributed by atoms with van der Waals surface area (Å²) in [6.45, 7) is 19.8. The van der Waals surface area contributed by atoms with Crippen molar-refractivity contribution in [3.63, 3.8) is 0 Å². The Morgan fingerprint density at radius 3 is 2.04 bits per heavy atom. The Bertz CT molecular complexity index is 1670. The van der Waals surface area contributed by atoms with E-state index in [-0.39, 0.29) is 53.7 Å². The normalized spacial score (nSPS) is 28.0. The first-order valence-electron chi connectivity index (χ1n) is 17.5. The van der Waals surface area contributed by atoms with Gasteiger partial charge in [0.2, 0.25) is 0 Å². The molecule has 0 saturated carbocycles. The van der Waals surface area contributed by atoms with Gasteiger partial charge in [0.25, 0.3) is 17.4 Å². The van der Waals surface area contributed by atoms with E-state index in [1.807, 2.05) is 0 Å². The summed E-state index contributed by atoms with van der Waals surface area (Å²) in [6, 6.07) is 6.85. The molecule has 1 N–H and O–H groups in total. The van der Waals surface area contributed by atoms with Crippen LogP contribution in [-0.4, -0.2) is 92.5 Å². The molecule has 268 valence electrons. The molecule has 13 nitrogen and oxygen atoms in total. The molecule has 3 fully saturated rings. The molecule has 6 rings (SSSR count). The predicted molar refractivity (Wildman–Crippen MR) is 186 cm³/mol. The minimum atomic E-state index is -3.08. The highest BCUT2D eigenvalue weighted by Crippen LogP contribution is 2.53. The molecule has 4 aliphatic rings. The van der Waals surface area contributed by atoms with Crippen molar-refractivity contribution in [3.8, 4) is 0 Å². The van der Waals surface area contributed by atoms with Crippen LogP contribution in [0.1, 0.15) is 94.3 Å². The van der Waals surface area contributed by atoms with E-state index in [1.165, 1.54) is 15.7 Å². The first-order chi connectivity index (χ1) is 23.1. The first kappa shape index (κ1) is 36.0. The van der Waals surface area contributed by atoms with Gasteiger partial charge in [0, 0.05) is 24.8 Å². The standard InChI is InChI=1S/C34H50N4O9Si2/c1-20(2)48(21(3)4)43-19-34-18-36(15-12-16-37-30(40)25-13-10-11-14-26(25)31(37)41)45-27(28(34)46-49(47-48,22(5)6)23(7)8)32(44-34)38-17-24(9)29(39)35-33(38)42/h10-11,13-14,17,20-23,27-28,32H,12,15-16,18-19H2,1-9H3,(H,35,39,42)/t27-,28?,32+,34+/m0/s1. The van der Waals surface area contributed by atoms with Gasteiger partial charge in [0.05, 0.1) is 24.3 Å². The van der Waals surface area contributed by atoms with Crippen LogP contribution >= 0.6 is 0 Å². The van der Waals surface area contributed by atoms with Crippen LogP contribution in [0.3, 0.4) is 0 Å². The van der Waals surface area contributed by atoms with Crippen LogP contribution in [0.5, 0.6) is 0 Å². The average Bonchev–Trinajstić information content (AvgIpc) is 3.36. The summed E-state index contributed by atoms with van der Waals surface area (Å²) in [6.07, 6.45) is -0.427. The molecule has 4 atom stereocenters. The largest absolute Gasteiger partial charge is 0.414 e. The number of imide groups is 1.